The highest BCUT2D eigenvalue weighted by Crippen LogP contribution is 2.26. The SMILES string of the molecule is Cc1ccccc1.Cc1ccccc1.Cc1ccccc1.OP(O)(O)=S.OP(O)(O)=S. The number of aryl methyl sites for hydroxylation is 3. The third-order valence-electron chi connectivity index (χ3n) is 2.82. The van der Waals surface area contributed by atoms with E-state index in [4.69, 9.17) is 29.4 Å². The lowest BCUT2D eigenvalue weighted by Gasteiger charge is -1.88. The lowest BCUT2D eigenvalue weighted by Crippen LogP contribution is -1.65. The van der Waals surface area contributed by atoms with Gasteiger partial charge in [-0.25, -0.2) is 0 Å². The van der Waals surface area contributed by atoms with Crippen LogP contribution in [0.1, 0.15) is 16.7 Å². The van der Waals surface area contributed by atoms with Crippen molar-refractivity contribution in [3.63, 3.8) is 0 Å². The van der Waals surface area contributed by atoms with E-state index < -0.39 is 13.4 Å². The van der Waals surface area contributed by atoms with Crippen LogP contribution in [0.5, 0.6) is 0 Å². The van der Waals surface area contributed by atoms with Crippen LogP contribution in [0.25, 0.3) is 0 Å². The summed E-state index contributed by atoms with van der Waals surface area (Å²) in [5.41, 5.74) is 3.97. The third-order valence-corrected chi connectivity index (χ3v) is 2.82. The van der Waals surface area contributed by atoms with Gasteiger partial charge in [-0.2, -0.15) is 0 Å². The van der Waals surface area contributed by atoms with Crippen LogP contribution in [0.4, 0.5) is 0 Å². The topological polar surface area (TPSA) is 121 Å². The van der Waals surface area contributed by atoms with Gasteiger partial charge in [0, 0.05) is 0 Å². The van der Waals surface area contributed by atoms with Crippen LogP contribution in [0.3, 0.4) is 0 Å². The summed E-state index contributed by atoms with van der Waals surface area (Å²) in [6, 6.07) is 30.8. The average Bonchev–Trinajstić information content (AvgIpc) is 2.62. The second-order valence-corrected chi connectivity index (χ2v) is 11.0. The Morgan fingerprint density at radius 1 is 0.419 bits per heavy atom. The van der Waals surface area contributed by atoms with Crippen LogP contribution in [-0.2, 0) is 23.6 Å². The average molecular weight is 505 g/mol. The fourth-order valence-corrected chi connectivity index (χ4v) is 1.60. The highest BCUT2D eigenvalue weighted by atomic mass is 32.5. The van der Waals surface area contributed by atoms with Crippen molar-refractivity contribution in [1.82, 2.24) is 0 Å². The second kappa shape index (κ2) is 18.3. The Bertz CT molecular complexity index is 760. The Labute approximate surface area is 194 Å². The van der Waals surface area contributed by atoms with Crippen LogP contribution in [0, 0.1) is 20.8 Å². The zero-order chi connectivity index (χ0) is 24.3. The molecule has 3 aromatic carbocycles. The molecule has 0 aliphatic carbocycles. The van der Waals surface area contributed by atoms with Gasteiger partial charge in [-0.15, -0.1) is 0 Å². The molecule has 0 radical (unpaired) electrons. The quantitative estimate of drug-likeness (QED) is 0.250. The third kappa shape index (κ3) is 39.7. The fourth-order valence-electron chi connectivity index (χ4n) is 1.60. The van der Waals surface area contributed by atoms with Gasteiger partial charge >= 0.3 is 13.4 Å². The van der Waals surface area contributed by atoms with E-state index in [2.05, 4.69) is 80.8 Å². The van der Waals surface area contributed by atoms with Crippen LogP contribution < -0.4 is 0 Å². The summed E-state index contributed by atoms with van der Waals surface area (Å²) >= 11 is 7.21. The van der Waals surface area contributed by atoms with Gasteiger partial charge in [0.1, 0.15) is 0 Å². The van der Waals surface area contributed by atoms with E-state index in [1.165, 1.54) is 16.7 Å². The highest BCUT2D eigenvalue weighted by Gasteiger charge is 1.92. The minimum atomic E-state index is -3.81. The molecule has 3 rings (SSSR count). The van der Waals surface area contributed by atoms with Gasteiger partial charge in [-0.05, 0) is 44.4 Å². The molecule has 0 amide bonds. The number of hydrogen-bond donors (Lipinski definition) is 6. The van der Waals surface area contributed by atoms with Crippen LogP contribution in [0.2, 0.25) is 0 Å². The first kappa shape index (κ1) is 31.9. The van der Waals surface area contributed by atoms with Crippen molar-refractivity contribution in [3.8, 4) is 0 Å². The van der Waals surface area contributed by atoms with Gasteiger partial charge < -0.3 is 29.4 Å². The minimum Gasteiger partial charge on any atom is -0.325 e. The van der Waals surface area contributed by atoms with Crippen molar-refractivity contribution in [2.45, 2.75) is 20.8 Å². The first-order valence-electron chi connectivity index (χ1n) is 8.80. The van der Waals surface area contributed by atoms with E-state index in [0.717, 1.165) is 0 Å². The van der Waals surface area contributed by atoms with E-state index in [1.54, 1.807) is 0 Å². The predicted octanol–water partition coefficient (Wildman–Crippen LogP) is 4.36. The summed E-state index contributed by atoms with van der Waals surface area (Å²) in [6.45, 7) is -1.36. The molecule has 0 saturated heterocycles. The first-order chi connectivity index (χ1) is 14.2. The molecule has 31 heavy (non-hydrogen) atoms. The second-order valence-electron chi connectivity index (χ2n) is 5.99. The summed E-state index contributed by atoms with van der Waals surface area (Å²) in [5.74, 6) is 0. The predicted molar refractivity (Wildman–Crippen MR) is 135 cm³/mol. The minimum absolute atomic E-state index is 1.32. The maximum atomic E-state index is 7.56. The van der Waals surface area contributed by atoms with E-state index in [9.17, 15) is 0 Å². The molecule has 3 aromatic rings. The molecule has 0 aromatic heterocycles. The van der Waals surface area contributed by atoms with Crippen molar-refractivity contribution < 1.29 is 29.4 Å². The van der Waals surface area contributed by atoms with Gasteiger partial charge in [0.05, 0.1) is 0 Å². The molecule has 6 nitrogen and oxygen atoms in total. The molecule has 0 unspecified atom stereocenters. The zero-order valence-electron chi connectivity index (χ0n) is 17.6. The number of benzene rings is 3. The van der Waals surface area contributed by atoms with Crippen LogP contribution in [-0.4, -0.2) is 29.4 Å². The first-order valence-corrected chi connectivity index (χ1v) is 14.1. The Morgan fingerprint density at radius 2 is 0.548 bits per heavy atom. The lowest BCUT2D eigenvalue weighted by molar-refractivity contribution is 0.361. The zero-order valence-corrected chi connectivity index (χ0v) is 21.0. The van der Waals surface area contributed by atoms with Gasteiger partial charge in [0.2, 0.25) is 0 Å². The molecule has 0 aliphatic heterocycles. The monoisotopic (exact) mass is 504 g/mol. The van der Waals surface area contributed by atoms with Crippen molar-refractivity contribution in [1.29, 1.82) is 0 Å². The molecule has 6 N–H and O–H groups in total. The van der Waals surface area contributed by atoms with Crippen LogP contribution in [0.15, 0.2) is 91.0 Å². The summed E-state index contributed by atoms with van der Waals surface area (Å²) < 4.78 is 0. The lowest BCUT2D eigenvalue weighted by atomic mass is 10.2. The van der Waals surface area contributed by atoms with Crippen molar-refractivity contribution >= 4 is 37.1 Å². The molecule has 0 fully saturated rings. The van der Waals surface area contributed by atoms with Crippen molar-refractivity contribution in [2.75, 3.05) is 0 Å². The van der Waals surface area contributed by atoms with E-state index >= 15 is 0 Å². The van der Waals surface area contributed by atoms with Gasteiger partial charge in [0.25, 0.3) is 0 Å². The van der Waals surface area contributed by atoms with Gasteiger partial charge in [-0.3, -0.25) is 0 Å². The van der Waals surface area contributed by atoms with E-state index in [-0.39, 0.29) is 0 Å². The molecule has 0 bridgehead atoms. The maximum absolute atomic E-state index is 7.56. The number of hydrogen-bond acceptors (Lipinski definition) is 2. The Hall–Kier alpha value is -1.28. The maximum Gasteiger partial charge on any atom is 0.319 e. The summed E-state index contributed by atoms with van der Waals surface area (Å²) in [6.07, 6.45) is 0. The van der Waals surface area contributed by atoms with Crippen molar-refractivity contribution in [3.05, 3.63) is 108 Å². The number of rotatable bonds is 0. The highest BCUT2D eigenvalue weighted by molar-refractivity contribution is 8.06. The molecule has 172 valence electrons. The smallest absolute Gasteiger partial charge is 0.319 e. The summed E-state index contributed by atoms with van der Waals surface area (Å²) in [5, 5.41) is 0. The van der Waals surface area contributed by atoms with E-state index in [0.29, 0.717) is 0 Å². The Kier molecular flexibility index (Phi) is 18.8. The fraction of sp³-hybridized carbons (Fsp3) is 0.143. The molecular formula is C21H30O6P2S2. The Balaban J connectivity index is 0. The van der Waals surface area contributed by atoms with Crippen LogP contribution >= 0.6 is 13.4 Å². The molecule has 0 heterocycles. The largest absolute Gasteiger partial charge is 0.325 e. The van der Waals surface area contributed by atoms with Gasteiger partial charge in [-0.1, -0.05) is 108 Å². The summed E-state index contributed by atoms with van der Waals surface area (Å²) in [4.78, 5) is 45.3. The van der Waals surface area contributed by atoms with Crippen molar-refractivity contribution in [2.24, 2.45) is 0 Å². The molecule has 0 saturated carbocycles. The Morgan fingerprint density at radius 3 is 0.613 bits per heavy atom. The van der Waals surface area contributed by atoms with Gasteiger partial charge in [0.15, 0.2) is 0 Å². The molecule has 0 atom stereocenters. The van der Waals surface area contributed by atoms with E-state index in [1.807, 2.05) is 54.6 Å². The molecule has 0 aliphatic rings. The molecular weight excluding hydrogens is 474 g/mol. The normalized spacial score (nSPS) is 9.71. The summed E-state index contributed by atoms with van der Waals surface area (Å²) in [7, 11) is 0. The standard InChI is InChI=1S/3C7H8.2H3O3PS/c3*1-7-5-3-2-4-6-7;2*1-4(2,3)5/h3*2-6H,1H3;2*(H3,1,2,3,5). The molecule has 0 spiro atoms. The molecule has 10 heteroatoms.